The van der Waals surface area contributed by atoms with Gasteiger partial charge in [-0.2, -0.15) is 0 Å². The Hall–Kier alpha value is -2.82. The minimum atomic E-state index is -0.357. The minimum Gasteiger partial charge on any atom is -0.497 e. The first-order valence-corrected chi connectivity index (χ1v) is 7.67. The Labute approximate surface area is 142 Å². The summed E-state index contributed by atoms with van der Waals surface area (Å²) < 4.78 is 5.08. The van der Waals surface area contributed by atoms with Crippen LogP contribution in [0.1, 0.15) is 41.5 Å². The van der Waals surface area contributed by atoms with E-state index in [9.17, 15) is 9.59 Å². The van der Waals surface area contributed by atoms with Crippen LogP contribution in [0.25, 0.3) is 0 Å². The first-order chi connectivity index (χ1) is 11.3. The monoisotopic (exact) mass is 326 g/mol. The molecule has 0 saturated heterocycles. The first kappa shape index (κ1) is 17.5. The van der Waals surface area contributed by atoms with Crippen molar-refractivity contribution < 1.29 is 14.3 Å². The van der Waals surface area contributed by atoms with Gasteiger partial charge in [-0.1, -0.05) is 12.1 Å². The second kappa shape index (κ2) is 7.17. The molecule has 0 aromatic heterocycles. The number of anilines is 1. The maximum Gasteiger partial charge on any atom is 0.255 e. The number of para-hydroxylation sites is 1. The fraction of sp³-hybridized carbons (Fsp3) is 0.263. The number of hydrogen-bond acceptors (Lipinski definition) is 3. The van der Waals surface area contributed by atoms with Crippen molar-refractivity contribution in [1.82, 2.24) is 5.32 Å². The molecule has 0 aliphatic rings. The van der Waals surface area contributed by atoms with Gasteiger partial charge in [0.05, 0.1) is 18.4 Å². The van der Waals surface area contributed by atoms with E-state index in [1.54, 1.807) is 55.6 Å². The Bertz CT molecular complexity index is 731. The van der Waals surface area contributed by atoms with Gasteiger partial charge >= 0.3 is 0 Å². The molecule has 0 atom stereocenters. The second-order valence-electron chi connectivity index (χ2n) is 6.43. The lowest BCUT2D eigenvalue weighted by Crippen LogP contribution is -2.40. The molecule has 0 heterocycles. The lowest BCUT2D eigenvalue weighted by Gasteiger charge is -2.21. The average molecular weight is 326 g/mol. The first-order valence-electron chi connectivity index (χ1n) is 7.67. The predicted octanol–water partition coefficient (Wildman–Crippen LogP) is 3.48. The summed E-state index contributed by atoms with van der Waals surface area (Å²) in [5.74, 6) is 0.165. The molecule has 126 valence electrons. The molecule has 24 heavy (non-hydrogen) atoms. The smallest absolute Gasteiger partial charge is 0.255 e. The number of carbonyl (C=O) groups is 2. The van der Waals surface area contributed by atoms with E-state index in [1.807, 2.05) is 20.8 Å². The molecule has 2 rings (SSSR count). The fourth-order valence-electron chi connectivity index (χ4n) is 2.13. The van der Waals surface area contributed by atoms with E-state index in [4.69, 9.17) is 4.74 Å². The summed E-state index contributed by atoms with van der Waals surface area (Å²) in [6, 6.07) is 13.7. The molecule has 5 heteroatoms. The third kappa shape index (κ3) is 4.59. The standard InChI is InChI=1S/C19H22N2O3/c1-19(2,3)21-18(23)15-7-5-6-8-16(15)20-17(22)13-9-11-14(24-4)12-10-13/h5-12H,1-4H3,(H,20,22)(H,21,23). The van der Waals surface area contributed by atoms with E-state index in [0.29, 0.717) is 22.6 Å². The zero-order valence-electron chi connectivity index (χ0n) is 14.3. The highest BCUT2D eigenvalue weighted by Gasteiger charge is 2.18. The Morgan fingerprint density at radius 2 is 1.54 bits per heavy atom. The summed E-state index contributed by atoms with van der Waals surface area (Å²) in [7, 11) is 1.57. The highest BCUT2D eigenvalue weighted by molar-refractivity contribution is 6.09. The van der Waals surface area contributed by atoms with Crippen LogP contribution in [0.15, 0.2) is 48.5 Å². The molecule has 0 saturated carbocycles. The van der Waals surface area contributed by atoms with Gasteiger partial charge in [0.25, 0.3) is 11.8 Å². The largest absolute Gasteiger partial charge is 0.497 e. The minimum absolute atomic E-state index is 0.229. The number of amides is 2. The van der Waals surface area contributed by atoms with Crippen molar-refractivity contribution in [3.8, 4) is 5.75 Å². The summed E-state index contributed by atoms with van der Waals surface area (Å²) in [5, 5.41) is 5.69. The summed E-state index contributed by atoms with van der Waals surface area (Å²) in [5.41, 5.74) is 1.03. The number of rotatable bonds is 4. The fourth-order valence-corrected chi connectivity index (χ4v) is 2.13. The molecule has 0 bridgehead atoms. The average Bonchev–Trinajstić information content (AvgIpc) is 2.53. The van der Waals surface area contributed by atoms with Crippen LogP contribution in [-0.4, -0.2) is 24.5 Å². The van der Waals surface area contributed by atoms with E-state index >= 15 is 0 Å². The molecule has 5 nitrogen and oxygen atoms in total. The summed E-state index contributed by atoms with van der Waals surface area (Å²) in [6.07, 6.45) is 0. The number of ether oxygens (including phenoxy) is 1. The SMILES string of the molecule is COc1ccc(C(=O)Nc2ccccc2C(=O)NC(C)(C)C)cc1. The van der Waals surface area contributed by atoms with Gasteiger partial charge in [0.1, 0.15) is 5.75 Å². The normalized spacial score (nSPS) is 10.8. The van der Waals surface area contributed by atoms with Gasteiger partial charge in [-0.25, -0.2) is 0 Å². The Kier molecular flexibility index (Phi) is 5.24. The number of benzene rings is 2. The van der Waals surface area contributed by atoms with Gasteiger partial charge in [0.15, 0.2) is 0 Å². The van der Waals surface area contributed by atoms with E-state index in [0.717, 1.165) is 0 Å². The maximum atomic E-state index is 12.4. The summed E-state index contributed by atoms with van der Waals surface area (Å²) in [4.78, 5) is 24.8. The van der Waals surface area contributed by atoms with E-state index in [1.165, 1.54) is 0 Å². The lowest BCUT2D eigenvalue weighted by molar-refractivity contribution is 0.0920. The number of carbonyl (C=O) groups excluding carboxylic acids is 2. The van der Waals surface area contributed by atoms with Gasteiger partial charge in [-0.05, 0) is 57.2 Å². The Morgan fingerprint density at radius 1 is 0.917 bits per heavy atom. The van der Waals surface area contributed by atoms with Crippen LogP contribution in [0.3, 0.4) is 0 Å². The van der Waals surface area contributed by atoms with Crippen LogP contribution < -0.4 is 15.4 Å². The molecule has 0 unspecified atom stereocenters. The molecule has 0 aliphatic heterocycles. The predicted molar refractivity (Wildman–Crippen MR) is 94.6 cm³/mol. The Balaban J connectivity index is 2.20. The van der Waals surface area contributed by atoms with Gasteiger partial charge < -0.3 is 15.4 Å². The number of nitrogens with one attached hydrogen (secondary N) is 2. The number of hydrogen-bond donors (Lipinski definition) is 2. The lowest BCUT2D eigenvalue weighted by atomic mass is 10.1. The quantitative estimate of drug-likeness (QED) is 0.904. The van der Waals surface area contributed by atoms with Crippen molar-refractivity contribution in [2.45, 2.75) is 26.3 Å². The molecule has 2 N–H and O–H groups in total. The van der Waals surface area contributed by atoms with Crippen molar-refractivity contribution in [2.75, 3.05) is 12.4 Å². The third-order valence-corrected chi connectivity index (χ3v) is 3.26. The zero-order valence-corrected chi connectivity index (χ0v) is 14.3. The van der Waals surface area contributed by atoms with E-state index in [2.05, 4.69) is 10.6 Å². The molecule has 2 aromatic rings. The van der Waals surface area contributed by atoms with Crippen LogP contribution in [0.5, 0.6) is 5.75 Å². The Morgan fingerprint density at radius 3 is 2.12 bits per heavy atom. The highest BCUT2D eigenvalue weighted by Crippen LogP contribution is 2.18. The third-order valence-electron chi connectivity index (χ3n) is 3.26. The molecule has 0 spiro atoms. The van der Waals surface area contributed by atoms with E-state index in [-0.39, 0.29) is 17.4 Å². The molecule has 0 radical (unpaired) electrons. The van der Waals surface area contributed by atoms with Gasteiger partial charge in [0, 0.05) is 11.1 Å². The second-order valence-corrected chi connectivity index (χ2v) is 6.43. The van der Waals surface area contributed by atoms with Crippen molar-refractivity contribution in [1.29, 1.82) is 0 Å². The van der Waals surface area contributed by atoms with Crippen molar-refractivity contribution in [2.24, 2.45) is 0 Å². The molecule has 2 aromatic carbocycles. The van der Waals surface area contributed by atoms with Gasteiger partial charge in [-0.15, -0.1) is 0 Å². The summed E-state index contributed by atoms with van der Waals surface area (Å²) in [6.45, 7) is 5.72. The van der Waals surface area contributed by atoms with Crippen LogP contribution in [0.2, 0.25) is 0 Å². The van der Waals surface area contributed by atoms with Crippen LogP contribution in [0, 0.1) is 0 Å². The number of methoxy groups -OCH3 is 1. The van der Waals surface area contributed by atoms with Crippen molar-refractivity contribution >= 4 is 17.5 Å². The van der Waals surface area contributed by atoms with Crippen LogP contribution in [-0.2, 0) is 0 Å². The molecule has 0 aliphatic carbocycles. The summed E-state index contributed by atoms with van der Waals surface area (Å²) >= 11 is 0. The molecular formula is C19H22N2O3. The van der Waals surface area contributed by atoms with E-state index < -0.39 is 0 Å². The van der Waals surface area contributed by atoms with Crippen molar-refractivity contribution in [3.63, 3.8) is 0 Å². The topological polar surface area (TPSA) is 67.4 Å². The molecule has 0 fully saturated rings. The van der Waals surface area contributed by atoms with Crippen LogP contribution in [0.4, 0.5) is 5.69 Å². The molecule has 2 amide bonds. The van der Waals surface area contributed by atoms with Crippen LogP contribution >= 0.6 is 0 Å². The van der Waals surface area contributed by atoms with Gasteiger partial charge in [0.2, 0.25) is 0 Å². The van der Waals surface area contributed by atoms with Crippen molar-refractivity contribution in [3.05, 3.63) is 59.7 Å². The van der Waals surface area contributed by atoms with Gasteiger partial charge in [-0.3, -0.25) is 9.59 Å². The zero-order chi connectivity index (χ0) is 17.7. The molecular weight excluding hydrogens is 304 g/mol. The highest BCUT2D eigenvalue weighted by atomic mass is 16.5. The maximum absolute atomic E-state index is 12.4.